The van der Waals surface area contributed by atoms with E-state index in [-0.39, 0.29) is 6.61 Å². The zero-order valence-corrected chi connectivity index (χ0v) is 28.4. The fourth-order valence-electron chi connectivity index (χ4n) is 7.48. The van der Waals surface area contributed by atoms with Crippen molar-refractivity contribution in [2.45, 2.75) is 106 Å². The minimum atomic E-state index is -1.29. The van der Waals surface area contributed by atoms with Gasteiger partial charge in [-0.05, 0) is 67.3 Å². The van der Waals surface area contributed by atoms with Crippen LogP contribution in [0.2, 0.25) is 0 Å². The van der Waals surface area contributed by atoms with Gasteiger partial charge in [-0.3, -0.25) is 0 Å². The number of ether oxygens (including phenoxy) is 4. The second-order valence-corrected chi connectivity index (χ2v) is 14.7. The number of benzene rings is 3. The number of carbonyl (C=O) groups excluding carboxylic acids is 2. The van der Waals surface area contributed by atoms with Gasteiger partial charge >= 0.3 is 11.9 Å². The number of rotatable bonds is 12. The second kappa shape index (κ2) is 17.5. The Bertz CT molecular complexity index is 1390. The molecule has 7 nitrogen and oxygen atoms in total. The lowest BCUT2D eigenvalue weighted by molar-refractivity contribution is -0.211. The number of aliphatic hydroxyl groups excluding tert-OH is 1. The first-order valence-electron chi connectivity index (χ1n) is 17.7. The summed E-state index contributed by atoms with van der Waals surface area (Å²) in [5.41, 5.74) is 1.07. The summed E-state index contributed by atoms with van der Waals surface area (Å²) < 4.78 is 25.2. The van der Waals surface area contributed by atoms with E-state index < -0.39 is 41.8 Å². The van der Waals surface area contributed by atoms with Crippen LogP contribution in [0.5, 0.6) is 0 Å². The van der Waals surface area contributed by atoms with E-state index in [2.05, 4.69) is 0 Å². The minimum absolute atomic E-state index is 0.0867. The Morgan fingerprint density at radius 1 is 0.688 bits per heavy atom. The quantitative estimate of drug-likeness (QED) is 0.194. The van der Waals surface area contributed by atoms with Gasteiger partial charge in [-0.1, -0.05) is 105 Å². The predicted octanol–water partition coefficient (Wildman–Crippen LogP) is 8.00. The van der Waals surface area contributed by atoms with Crippen molar-refractivity contribution in [3.63, 3.8) is 0 Å². The molecule has 0 amide bonds. The molecule has 2 saturated carbocycles. The van der Waals surface area contributed by atoms with Gasteiger partial charge in [-0.15, -0.1) is 11.8 Å². The SMILES string of the molecule is O=C(O[C@@H]1[C@@H](OC(=O)c2ccccc2)[C@H](O)[C@@H](COCc2ccccc2)O[C@@H]1SC(C1CCCCC1)C1CCCCC1)c1ccccc1. The third-order valence-corrected chi connectivity index (χ3v) is 11.8. The highest BCUT2D eigenvalue weighted by molar-refractivity contribution is 8.00. The molecular weight excluding hydrogens is 625 g/mol. The number of aliphatic hydroxyl groups is 1. The van der Waals surface area contributed by atoms with Gasteiger partial charge in [0.2, 0.25) is 0 Å². The van der Waals surface area contributed by atoms with Crippen LogP contribution in [0.25, 0.3) is 0 Å². The van der Waals surface area contributed by atoms with Crippen molar-refractivity contribution in [2.24, 2.45) is 11.8 Å². The summed E-state index contributed by atoms with van der Waals surface area (Å²) in [4.78, 5) is 27.2. The normalized spacial score (nSPS) is 25.4. The molecule has 3 fully saturated rings. The molecule has 256 valence electrons. The third-order valence-electron chi connectivity index (χ3n) is 10.0. The topological polar surface area (TPSA) is 91.3 Å². The van der Waals surface area contributed by atoms with Gasteiger partial charge in [0.25, 0.3) is 0 Å². The molecule has 48 heavy (non-hydrogen) atoms. The van der Waals surface area contributed by atoms with Crippen molar-refractivity contribution >= 4 is 23.7 Å². The summed E-state index contributed by atoms with van der Waals surface area (Å²) in [5.74, 6) is -0.0729. The number of hydrogen-bond acceptors (Lipinski definition) is 8. The molecule has 1 aliphatic heterocycles. The highest BCUT2D eigenvalue weighted by Crippen LogP contribution is 2.46. The largest absolute Gasteiger partial charge is 0.452 e. The van der Waals surface area contributed by atoms with Crippen LogP contribution in [0.1, 0.15) is 90.5 Å². The van der Waals surface area contributed by atoms with Gasteiger partial charge in [0.05, 0.1) is 24.3 Å². The maximum absolute atomic E-state index is 13.6. The van der Waals surface area contributed by atoms with Crippen molar-refractivity contribution in [3.05, 3.63) is 108 Å². The van der Waals surface area contributed by atoms with Crippen LogP contribution in [-0.4, -0.2) is 58.8 Å². The smallest absolute Gasteiger partial charge is 0.338 e. The molecule has 3 aromatic rings. The number of carbonyl (C=O) groups is 2. The highest BCUT2D eigenvalue weighted by Gasteiger charge is 2.52. The lowest BCUT2D eigenvalue weighted by Gasteiger charge is -2.46. The highest BCUT2D eigenvalue weighted by atomic mass is 32.2. The van der Waals surface area contributed by atoms with Crippen LogP contribution in [0.4, 0.5) is 0 Å². The Labute approximate surface area is 288 Å². The van der Waals surface area contributed by atoms with Crippen LogP contribution in [0, 0.1) is 11.8 Å². The van der Waals surface area contributed by atoms with E-state index in [0.29, 0.717) is 34.8 Å². The van der Waals surface area contributed by atoms with Crippen LogP contribution < -0.4 is 0 Å². The Balaban J connectivity index is 1.31. The Kier molecular flexibility index (Phi) is 12.6. The number of esters is 2. The van der Waals surface area contributed by atoms with Crippen molar-refractivity contribution < 1.29 is 33.6 Å². The Morgan fingerprint density at radius 3 is 1.69 bits per heavy atom. The zero-order chi connectivity index (χ0) is 33.1. The van der Waals surface area contributed by atoms with Gasteiger partial charge in [0.1, 0.15) is 17.6 Å². The molecule has 3 aliphatic rings. The first kappa shape index (κ1) is 34.7. The molecule has 5 atom stereocenters. The van der Waals surface area contributed by atoms with Crippen LogP contribution >= 0.6 is 11.8 Å². The maximum atomic E-state index is 13.6. The predicted molar refractivity (Wildman–Crippen MR) is 187 cm³/mol. The van der Waals surface area contributed by atoms with E-state index in [4.69, 9.17) is 18.9 Å². The summed E-state index contributed by atoms with van der Waals surface area (Å²) in [6.45, 7) is 0.433. The fourth-order valence-corrected chi connectivity index (χ4v) is 9.35. The summed E-state index contributed by atoms with van der Waals surface area (Å²) >= 11 is 1.73. The third kappa shape index (κ3) is 9.08. The Morgan fingerprint density at radius 2 is 1.17 bits per heavy atom. The van der Waals surface area contributed by atoms with E-state index in [9.17, 15) is 14.7 Å². The molecule has 6 rings (SSSR count). The Hall–Kier alpha value is -3.17. The van der Waals surface area contributed by atoms with E-state index in [1.807, 2.05) is 42.5 Å². The molecule has 0 radical (unpaired) electrons. The van der Waals surface area contributed by atoms with Crippen molar-refractivity contribution in [3.8, 4) is 0 Å². The van der Waals surface area contributed by atoms with Crippen molar-refractivity contribution in [2.75, 3.05) is 6.61 Å². The standard InChI is InChI=1S/C40H48O7S/c41-34-33(27-44-26-28-16-6-1-7-17-28)45-40(48-37(29-18-8-2-9-19-29)30-20-10-3-11-21-30)36(47-39(43)32-24-14-5-15-25-32)35(34)46-38(42)31-22-12-4-13-23-31/h1,4-7,12-17,22-25,29-30,33-37,40-41H,2-3,8-11,18-21,26-27H2/t33-,34-,35+,36-,40-/m1/s1. The van der Waals surface area contributed by atoms with Crippen LogP contribution in [0.15, 0.2) is 91.0 Å². The average Bonchev–Trinajstić information content (AvgIpc) is 3.15. The minimum Gasteiger partial charge on any atom is -0.452 e. The van der Waals surface area contributed by atoms with Crippen molar-refractivity contribution in [1.82, 2.24) is 0 Å². The number of hydrogen-bond donors (Lipinski definition) is 1. The summed E-state index contributed by atoms with van der Waals surface area (Å²) in [6.07, 6.45) is 7.82. The second-order valence-electron chi connectivity index (χ2n) is 13.4. The van der Waals surface area contributed by atoms with Gasteiger partial charge in [-0.25, -0.2) is 9.59 Å². The van der Waals surface area contributed by atoms with Gasteiger partial charge in [0, 0.05) is 5.25 Å². The molecule has 0 aromatic heterocycles. The van der Waals surface area contributed by atoms with Gasteiger partial charge in [-0.2, -0.15) is 0 Å². The molecular formula is C40H48O7S. The summed E-state index contributed by atoms with van der Waals surface area (Å²) in [6, 6.07) is 27.3. The summed E-state index contributed by atoms with van der Waals surface area (Å²) in [5, 5.41) is 12.1. The molecule has 3 aromatic carbocycles. The molecule has 0 unspecified atom stereocenters. The van der Waals surface area contributed by atoms with Crippen LogP contribution in [0.3, 0.4) is 0 Å². The summed E-state index contributed by atoms with van der Waals surface area (Å²) in [7, 11) is 0. The lowest BCUT2D eigenvalue weighted by Crippen LogP contribution is -2.61. The van der Waals surface area contributed by atoms with E-state index >= 15 is 0 Å². The molecule has 1 saturated heterocycles. The zero-order valence-electron chi connectivity index (χ0n) is 27.6. The average molecular weight is 673 g/mol. The molecule has 8 heteroatoms. The maximum Gasteiger partial charge on any atom is 0.338 e. The molecule has 0 spiro atoms. The van der Waals surface area contributed by atoms with Crippen molar-refractivity contribution in [1.29, 1.82) is 0 Å². The van der Waals surface area contributed by atoms with E-state index in [0.717, 1.165) is 5.56 Å². The van der Waals surface area contributed by atoms with Crippen LogP contribution in [-0.2, 0) is 25.6 Å². The van der Waals surface area contributed by atoms with Gasteiger partial charge < -0.3 is 24.1 Å². The lowest BCUT2D eigenvalue weighted by atomic mass is 9.77. The van der Waals surface area contributed by atoms with E-state index in [1.165, 1.54) is 64.2 Å². The molecule has 1 N–H and O–H groups in total. The fraction of sp³-hybridized carbons (Fsp3) is 0.500. The monoisotopic (exact) mass is 672 g/mol. The number of thioether (sulfide) groups is 1. The molecule has 1 heterocycles. The first-order chi connectivity index (χ1) is 23.6. The molecule has 0 bridgehead atoms. The van der Waals surface area contributed by atoms with Gasteiger partial charge in [0.15, 0.2) is 12.2 Å². The first-order valence-corrected chi connectivity index (χ1v) is 18.6. The van der Waals surface area contributed by atoms with E-state index in [1.54, 1.807) is 60.3 Å². The molecule has 2 aliphatic carbocycles.